The maximum Gasteiger partial charge on any atom is 0.402 e. The van der Waals surface area contributed by atoms with Crippen LogP contribution in [0.4, 0.5) is 13.2 Å². The second-order valence-electron chi connectivity index (χ2n) is 3.29. The highest BCUT2D eigenvalue weighted by atomic mass is 32.2. The Morgan fingerprint density at radius 1 is 1.29 bits per heavy atom. The second kappa shape index (κ2) is 5.03. The lowest BCUT2D eigenvalue weighted by atomic mass is 10.2. The average Bonchev–Trinajstić information content (AvgIpc) is 2.26. The highest BCUT2D eigenvalue weighted by Crippen LogP contribution is 2.15. The van der Waals surface area contributed by atoms with Crippen LogP contribution >= 0.6 is 0 Å². The molecule has 0 unspecified atom stereocenters. The van der Waals surface area contributed by atoms with Crippen LogP contribution in [0.25, 0.3) is 0 Å². The molecule has 1 aromatic carbocycles. The predicted octanol–water partition coefficient (Wildman–Crippen LogP) is 0.986. The predicted molar refractivity (Wildman–Crippen MR) is 55.6 cm³/mol. The molecule has 4 nitrogen and oxygen atoms in total. The van der Waals surface area contributed by atoms with Gasteiger partial charge >= 0.3 is 6.18 Å². The Bertz CT molecular complexity index is 485. The number of benzene rings is 1. The first kappa shape index (κ1) is 13.9. The highest BCUT2D eigenvalue weighted by molar-refractivity contribution is 7.89. The second-order valence-corrected chi connectivity index (χ2v) is 5.06. The molecule has 0 saturated carbocycles. The third kappa shape index (κ3) is 4.33. The third-order valence-electron chi connectivity index (χ3n) is 1.91. The fourth-order valence-electron chi connectivity index (χ4n) is 1.10. The fourth-order valence-corrected chi connectivity index (χ4v) is 2.18. The summed E-state index contributed by atoms with van der Waals surface area (Å²) >= 11 is 0. The summed E-state index contributed by atoms with van der Waals surface area (Å²) in [5, 5.41) is 0. The molecule has 0 saturated heterocycles. The Kier molecular flexibility index (Phi) is 4.12. The summed E-state index contributed by atoms with van der Waals surface area (Å²) < 4.78 is 60.2. The van der Waals surface area contributed by atoms with Crippen molar-refractivity contribution in [1.29, 1.82) is 0 Å². The van der Waals surface area contributed by atoms with Crippen LogP contribution in [0.2, 0.25) is 0 Å². The zero-order valence-corrected chi connectivity index (χ0v) is 9.48. The lowest BCUT2D eigenvalue weighted by molar-refractivity contribution is -0.121. The number of hydrogen-bond acceptors (Lipinski definition) is 3. The minimum absolute atomic E-state index is 0.114. The van der Waals surface area contributed by atoms with E-state index in [2.05, 4.69) is 0 Å². The molecule has 0 aliphatic rings. The van der Waals surface area contributed by atoms with E-state index in [9.17, 15) is 21.6 Å². The van der Waals surface area contributed by atoms with Gasteiger partial charge in [0.2, 0.25) is 10.0 Å². The number of alkyl halides is 3. The van der Waals surface area contributed by atoms with Crippen molar-refractivity contribution < 1.29 is 21.6 Å². The minimum atomic E-state index is -4.58. The van der Waals surface area contributed by atoms with Gasteiger partial charge < -0.3 is 5.73 Å². The molecule has 0 radical (unpaired) electrons. The molecule has 17 heavy (non-hydrogen) atoms. The fraction of sp³-hybridized carbons (Fsp3) is 0.333. The largest absolute Gasteiger partial charge is 0.402 e. The molecular formula is C9H11F3N2O2S. The molecule has 8 heteroatoms. The van der Waals surface area contributed by atoms with E-state index in [-0.39, 0.29) is 11.4 Å². The average molecular weight is 268 g/mol. The lowest BCUT2D eigenvalue weighted by Gasteiger charge is -2.09. The van der Waals surface area contributed by atoms with Gasteiger partial charge in [0, 0.05) is 6.54 Å². The number of hydrogen-bond donors (Lipinski definition) is 2. The Hall–Kier alpha value is -1.12. The normalized spacial score (nSPS) is 12.7. The van der Waals surface area contributed by atoms with Gasteiger partial charge in [0.1, 0.15) is 6.54 Å². The molecular weight excluding hydrogens is 257 g/mol. The summed E-state index contributed by atoms with van der Waals surface area (Å²) in [5.41, 5.74) is 5.84. The minimum Gasteiger partial charge on any atom is -0.326 e. The lowest BCUT2D eigenvalue weighted by Crippen LogP contribution is -2.33. The first-order valence-electron chi connectivity index (χ1n) is 4.60. The van der Waals surface area contributed by atoms with Gasteiger partial charge in [-0.2, -0.15) is 13.2 Å². The molecule has 0 aliphatic carbocycles. The van der Waals surface area contributed by atoms with Gasteiger partial charge in [-0.05, 0) is 17.7 Å². The van der Waals surface area contributed by atoms with Crippen LogP contribution in [0.5, 0.6) is 0 Å². The third-order valence-corrected chi connectivity index (χ3v) is 3.31. The van der Waals surface area contributed by atoms with E-state index in [1.165, 1.54) is 22.9 Å². The first-order chi connectivity index (χ1) is 7.74. The summed E-state index contributed by atoms with van der Waals surface area (Å²) in [6, 6.07) is 5.45. The molecule has 0 heterocycles. The standard InChI is InChI=1S/C9H11F3N2O2S/c10-9(11,12)6-14-17(15,16)8-3-1-2-7(4-8)5-13/h1-4,14H,5-6,13H2. The molecule has 1 rings (SSSR count). The van der Waals surface area contributed by atoms with Crippen molar-refractivity contribution in [2.24, 2.45) is 5.73 Å². The van der Waals surface area contributed by atoms with Gasteiger partial charge in [-0.1, -0.05) is 12.1 Å². The van der Waals surface area contributed by atoms with Crippen molar-refractivity contribution in [2.75, 3.05) is 6.54 Å². The number of nitrogens with two attached hydrogens (primary N) is 1. The van der Waals surface area contributed by atoms with E-state index >= 15 is 0 Å². The molecule has 0 atom stereocenters. The van der Waals surface area contributed by atoms with E-state index < -0.39 is 22.7 Å². The zero-order valence-electron chi connectivity index (χ0n) is 8.66. The topological polar surface area (TPSA) is 72.2 Å². The molecule has 0 fully saturated rings. The zero-order chi connectivity index (χ0) is 13.1. The van der Waals surface area contributed by atoms with Gasteiger partial charge in [-0.3, -0.25) is 0 Å². The van der Waals surface area contributed by atoms with Crippen molar-refractivity contribution in [3.05, 3.63) is 29.8 Å². The van der Waals surface area contributed by atoms with Crippen molar-refractivity contribution in [2.45, 2.75) is 17.6 Å². The molecule has 1 aromatic rings. The van der Waals surface area contributed by atoms with Crippen molar-refractivity contribution >= 4 is 10.0 Å². The van der Waals surface area contributed by atoms with E-state index in [4.69, 9.17) is 5.73 Å². The van der Waals surface area contributed by atoms with Crippen molar-refractivity contribution in [3.8, 4) is 0 Å². The molecule has 0 amide bonds. The number of halogens is 3. The Balaban J connectivity index is 2.89. The first-order valence-corrected chi connectivity index (χ1v) is 6.08. The Morgan fingerprint density at radius 3 is 2.47 bits per heavy atom. The number of rotatable bonds is 4. The van der Waals surface area contributed by atoms with Crippen molar-refractivity contribution in [3.63, 3.8) is 0 Å². The van der Waals surface area contributed by atoms with Crippen LogP contribution in [-0.4, -0.2) is 21.1 Å². The summed E-state index contributed by atoms with van der Waals surface area (Å²) in [7, 11) is -4.15. The van der Waals surface area contributed by atoms with E-state index in [0.717, 1.165) is 0 Å². The molecule has 3 N–H and O–H groups in total. The Labute approximate surface area is 96.7 Å². The van der Waals surface area contributed by atoms with Gasteiger partial charge in [0.25, 0.3) is 0 Å². The van der Waals surface area contributed by atoms with Crippen LogP contribution in [0.1, 0.15) is 5.56 Å². The van der Waals surface area contributed by atoms with Gasteiger partial charge in [0.15, 0.2) is 0 Å². The maximum absolute atomic E-state index is 11.9. The van der Waals surface area contributed by atoms with Crippen LogP contribution in [0, 0.1) is 0 Å². The van der Waals surface area contributed by atoms with Crippen LogP contribution in [-0.2, 0) is 16.6 Å². The molecule has 0 spiro atoms. The molecule has 96 valence electrons. The monoisotopic (exact) mass is 268 g/mol. The summed E-state index contributed by atoms with van der Waals surface area (Å²) in [6.45, 7) is -1.48. The van der Waals surface area contributed by atoms with Gasteiger partial charge in [-0.15, -0.1) is 0 Å². The summed E-state index contributed by atoms with van der Waals surface area (Å²) in [4.78, 5) is -0.232. The molecule has 0 aliphatic heterocycles. The van der Waals surface area contributed by atoms with Crippen LogP contribution < -0.4 is 10.5 Å². The van der Waals surface area contributed by atoms with E-state index in [1.54, 1.807) is 6.07 Å². The number of nitrogens with one attached hydrogen (secondary N) is 1. The molecule has 0 aromatic heterocycles. The van der Waals surface area contributed by atoms with Crippen molar-refractivity contribution in [1.82, 2.24) is 4.72 Å². The smallest absolute Gasteiger partial charge is 0.326 e. The van der Waals surface area contributed by atoms with Gasteiger partial charge in [-0.25, -0.2) is 13.1 Å². The quantitative estimate of drug-likeness (QED) is 0.855. The Morgan fingerprint density at radius 2 is 1.94 bits per heavy atom. The van der Waals surface area contributed by atoms with E-state index in [0.29, 0.717) is 5.56 Å². The van der Waals surface area contributed by atoms with Crippen LogP contribution in [0.3, 0.4) is 0 Å². The molecule has 0 bridgehead atoms. The van der Waals surface area contributed by atoms with Gasteiger partial charge in [0.05, 0.1) is 4.90 Å². The highest BCUT2D eigenvalue weighted by Gasteiger charge is 2.30. The van der Waals surface area contributed by atoms with Crippen LogP contribution in [0.15, 0.2) is 29.2 Å². The SMILES string of the molecule is NCc1cccc(S(=O)(=O)NCC(F)(F)F)c1. The van der Waals surface area contributed by atoms with E-state index in [1.807, 2.05) is 0 Å². The summed E-state index contributed by atoms with van der Waals surface area (Å²) in [6.07, 6.45) is -4.58. The number of sulfonamides is 1. The maximum atomic E-state index is 11.9. The summed E-state index contributed by atoms with van der Waals surface area (Å²) in [5.74, 6) is 0.